The van der Waals surface area contributed by atoms with Crippen molar-refractivity contribution in [3.8, 4) is 23.1 Å². The lowest BCUT2D eigenvalue weighted by atomic mass is 10.1. The molecule has 8 nitrogen and oxygen atoms in total. The molecule has 0 amide bonds. The molecule has 0 bridgehead atoms. The number of rotatable bonds is 9. The van der Waals surface area contributed by atoms with E-state index in [2.05, 4.69) is 35.2 Å². The molecule has 0 saturated carbocycles. The third kappa shape index (κ3) is 6.44. The summed E-state index contributed by atoms with van der Waals surface area (Å²) < 4.78 is 28.3. The fraction of sp³-hybridized carbons (Fsp3) is 0.261. The predicted octanol–water partition coefficient (Wildman–Crippen LogP) is 4.55. The van der Waals surface area contributed by atoms with Gasteiger partial charge in [0, 0.05) is 17.0 Å². The Morgan fingerprint density at radius 1 is 1.12 bits per heavy atom. The number of nitrogens with two attached hydrogens (primary N) is 1. The van der Waals surface area contributed by atoms with Gasteiger partial charge in [-0.05, 0) is 60.9 Å². The first-order valence-corrected chi connectivity index (χ1v) is 12.7. The molecule has 0 spiro atoms. The number of benzene rings is 2. The molecule has 172 valence electrons. The summed E-state index contributed by atoms with van der Waals surface area (Å²) in [5, 5.41) is 18.8. The number of nitriles is 1. The van der Waals surface area contributed by atoms with Crippen molar-refractivity contribution in [3.63, 3.8) is 0 Å². The van der Waals surface area contributed by atoms with Crippen molar-refractivity contribution in [2.45, 2.75) is 30.3 Å². The maximum atomic E-state index is 11.5. The molecule has 3 N–H and O–H groups in total. The third-order valence-electron chi connectivity index (χ3n) is 4.74. The Hall–Kier alpha value is -3.13. The Labute approximate surface area is 198 Å². The first-order chi connectivity index (χ1) is 15.7. The summed E-state index contributed by atoms with van der Waals surface area (Å²) in [4.78, 5) is 9.24. The van der Waals surface area contributed by atoms with Crippen molar-refractivity contribution >= 4 is 33.3 Å². The van der Waals surface area contributed by atoms with Crippen LogP contribution in [-0.2, 0) is 10.0 Å². The highest BCUT2D eigenvalue weighted by Gasteiger charge is 2.17. The van der Waals surface area contributed by atoms with E-state index >= 15 is 0 Å². The van der Waals surface area contributed by atoms with Crippen LogP contribution in [0.25, 0.3) is 11.3 Å². The molecule has 0 radical (unpaired) electrons. The quantitative estimate of drug-likeness (QED) is 0.335. The predicted molar refractivity (Wildman–Crippen MR) is 130 cm³/mol. The topological polar surface area (TPSA) is 131 Å². The van der Waals surface area contributed by atoms with E-state index in [1.165, 1.54) is 23.9 Å². The van der Waals surface area contributed by atoms with E-state index < -0.39 is 10.0 Å². The summed E-state index contributed by atoms with van der Waals surface area (Å²) in [7, 11) is -2.21. The second-order valence-corrected chi connectivity index (χ2v) is 10.3. The van der Waals surface area contributed by atoms with Gasteiger partial charge in [0.25, 0.3) is 0 Å². The average molecular weight is 484 g/mol. The van der Waals surface area contributed by atoms with Gasteiger partial charge in [0.2, 0.25) is 10.0 Å². The molecule has 0 unspecified atom stereocenters. The molecule has 10 heteroatoms. The van der Waals surface area contributed by atoms with Gasteiger partial charge >= 0.3 is 0 Å². The summed E-state index contributed by atoms with van der Waals surface area (Å²) in [6.45, 7) is 4.31. The van der Waals surface area contributed by atoms with E-state index in [0.29, 0.717) is 34.0 Å². The van der Waals surface area contributed by atoms with Gasteiger partial charge in [0.05, 0.1) is 17.7 Å². The van der Waals surface area contributed by atoms with E-state index in [0.717, 1.165) is 17.7 Å². The number of thioether (sulfide) groups is 1. The van der Waals surface area contributed by atoms with Crippen LogP contribution in [0.15, 0.2) is 58.6 Å². The van der Waals surface area contributed by atoms with Gasteiger partial charge in [-0.25, -0.2) is 23.5 Å². The van der Waals surface area contributed by atoms with Crippen LogP contribution in [0, 0.1) is 17.2 Å². The number of sulfonamides is 1. The van der Waals surface area contributed by atoms with Crippen LogP contribution in [0.5, 0.6) is 5.75 Å². The van der Waals surface area contributed by atoms with Gasteiger partial charge in [0.15, 0.2) is 11.0 Å². The van der Waals surface area contributed by atoms with Gasteiger partial charge in [-0.1, -0.05) is 25.6 Å². The highest BCUT2D eigenvalue weighted by atomic mass is 32.2. The first-order valence-electron chi connectivity index (χ1n) is 10.2. The Bertz CT molecular complexity index is 1250. The summed E-state index contributed by atoms with van der Waals surface area (Å²) in [6.07, 6.45) is 1.00. The lowest BCUT2D eigenvalue weighted by molar-refractivity contribution is 0.415. The van der Waals surface area contributed by atoms with Crippen LogP contribution < -0.4 is 15.2 Å². The number of primary sulfonamides is 1. The lowest BCUT2D eigenvalue weighted by Gasteiger charge is -2.14. The zero-order valence-corrected chi connectivity index (χ0v) is 20.2. The van der Waals surface area contributed by atoms with Crippen LogP contribution >= 0.6 is 11.8 Å². The molecule has 3 aromatic rings. The number of hydrogen-bond donors (Lipinski definition) is 2. The van der Waals surface area contributed by atoms with Crippen molar-refractivity contribution < 1.29 is 13.2 Å². The zero-order valence-electron chi connectivity index (χ0n) is 18.6. The summed E-state index contributed by atoms with van der Waals surface area (Å²) in [6, 6.07) is 15.4. The molecule has 3 rings (SSSR count). The highest BCUT2D eigenvalue weighted by Crippen LogP contribution is 2.32. The lowest BCUT2D eigenvalue weighted by Crippen LogP contribution is -2.12. The van der Waals surface area contributed by atoms with Gasteiger partial charge in [-0.15, -0.1) is 0 Å². The molecule has 1 aromatic heterocycles. The number of ether oxygens (including phenoxy) is 1. The highest BCUT2D eigenvalue weighted by molar-refractivity contribution is 7.99. The summed E-state index contributed by atoms with van der Waals surface area (Å²) in [5.74, 6) is 2.43. The van der Waals surface area contributed by atoms with Crippen LogP contribution in [0.3, 0.4) is 0 Å². The molecule has 0 aliphatic heterocycles. The van der Waals surface area contributed by atoms with Crippen molar-refractivity contribution in [1.29, 1.82) is 5.26 Å². The van der Waals surface area contributed by atoms with Crippen molar-refractivity contribution in [1.82, 2.24) is 9.97 Å². The molecule has 0 atom stereocenters. The SMILES string of the molecule is COc1ccc(-c2nc(SCCC(C)C)nc(Nc3ccc(S(N)(=O)=O)cc3)c2C#N)cc1. The largest absolute Gasteiger partial charge is 0.497 e. The summed E-state index contributed by atoms with van der Waals surface area (Å²) >= 11 is 1.52. The minimum absolute atomic E-state index is 0.0000890. The van der Waals surface area contributed by atoms with E-state index in [4.69, 9.17) is 9.88 Å². The molecule has 0 fully saturated rings. The molecular formula is C23H25N5O3S2. The monoisotopic (exact) mass is 483 g/mol. The van der Waals surface area contributed by atoms with Crippen LogP contribution in [0.4, 0.5) is 11.5 Å². The van der Waals surface area contributed by atoms with E-state index in [9.17, 15) is 13.7 Å². The van der Waals surface area contributed by atoms with Gasteiger partial charge in [-0.2, -0.15) is 5.26 Å². The fourth-order valence-electron chi connectivity index (χ4n) is 2.91. The Morgan fingerprint density at radius 2 is 1.79 bits per heavy atom. The molecular weight excluding hydrogens is 458 g/mol. The second kappa shape index (κ2) is 10.7. The molecule has 2 aromatic carbocycles. The third-order valence-corrected chi connectivity index (χ3v) is 6.55. The first kappa shape index (κ1) is 24.5. The number of nitrogens with one attached hydrogen (secondary N) is 1. The van der Waals surface area contributed by atoms with Crippen molar-refractivity contribution in [3.05, 3.63) is 54.1 Å². The molecule has 1 heterocycles. The Balaban J connectivity index is 2.03. The van der Waals surface area contributed by atoms with Gasteiger partial charge in [-0.3, -0.25) is 0 Å². The molecule has 0 aliphatic rings. The normalized spacial score (nSPS) is 11.3. The number of anilines is 2. The van der Waals surface area contributed by atoms with Gasteiger partial charge < -0.3 is 10.1 Å². The second-order valence-electron chi connectivity index (χ2n) is 7.64. The van der Waals surface area contributed by atoms with Crippen molar-refractivity contribution in [2.75, 3.05) is 18.2 Å². The molecule has 0 saturated heterocycles. The van der Waals surface area contributed by atoms with Crippen LogP contribution in [0.2, 0.25) is 0 Å². The number of aromatic nitrogens is 2. The minimum atomic E-state index is -3.80. The minimum Gasteiger partial charge on any atom is -0.497 e. The van der Waals surface area contributed by atoms with E-state index in [1.807, 2.05) is 24.3 Å². The summed E-state index contributed by atoms with van der Waals surface area (Å²) in [5.41, 5.74) is 2.11. The van der Waals surface area contributed by atoms with E-state index in [1.54, 1.807) is 19.2 Å². The fourth-order valence-corrected chi connectivity index (χ4v) is 4.51. The van der Waals surface area contributed by atoms with Crippen LogP contribution in [0.1, 0.15) is 25.8 Å². The standard InChI is InChI=1S/C23H25N5O3S2/c1-15(2)12-13-32-23-27-21(16-4-8-18(31-3)9-5-16)20(14-24)22(28-23)26-17-6-10-19(11-7-17)33(25,29)30/h4-11,15H,12-13H2,1-3H3,(H2,25,29,30)(H,26,27,28). The number of methoxy groups -OCH3 is 1. The Kier molecular flexibility index (Phi) is 7.92. The maximum absolute atomic E-state index is 11.5. The number of hydrogen-bond acceptors (Lipinski definition) is 8. The average Bonchev–Trinajstić information content (AvgIpc) is 2.78. The molecule has 0 aliphatic carbocycles. The van der Waals surface area contributed by atoms with Crippen LogP contribution in [-0.4, -0.2) is 31.2 Å². The Morgan fingerprint density at radius 3 is 2.33 bits per heavy atom. The number of nitrogens with zero attached hydrogens (tertiary/aromatic N) is 3. The van der Waals surface area contributed by atoms with Crippen molar-refractivity contribution in [2.24, 2.45) is 11.1 Å². The smallest absolute Gasteiger partial charge is 0.238 e. The van der Waals surface area contributed by atoms with E-state index in [-0.39, 0.29) is 10.5 Å². The zero-order chi connectivity index (χ0) is 24.0. The molecule has 33 heavy (non-hydrogen) atoms. The maximum Gasteiger partial charge on any atom is 0.238 e. The van der Waals surface area contributed by atoms with Gasteiger partial charge in [0.1, 0.15) is 17.4 Å².